The van der Waals surface area contributed by atoms with Crippen LogP contribution in [0, 0.1) is 5.82 Å². The third-order valence-corrected chi connectivity index (χ3v) is 3.55. The Morgan fingerprint density at radius 1 is 0.962 bits per heavy atom. The van der Waals surface area contributed by atoms with E-state index in [2.05, 4.69) is 10.6 Å². The zero-order valence-corrected chi connectivity index (χ0v) is 14.6. The van der Waals surface area contributed by atoms with E-state index < -0.39 is 5.82 Å². The van der Waals surface area contributed by atoms with Gasteiger partial charge in [-0.1, -0.05) is 6.07 Å². The van der Waals surface area contributed by atoms with Gasteiger partial charge in [-0.2, -0.15) is 0 Å². The van der Waals surface area contributed by atoms with Gasteiger partial charge < -0.3 is 15.5 Å². The Bertz CT molecular complexity index is 806. The van der Waals surface area contributed by atoms with Crippen LogP contribution in [-0.4, -0.2) is 24.3 Å². The lowest BCUT2D eigenvalue weighted by molar-refractivity contribution is -0.117. The van der Waals surface area contributed by atoms with Crippen molar-refractivity contribution < 1.29 is 18.8 Å². The molecule has 0 aromatic heterocycles. The molecule has 7 heteroatoms. The van der Waals surface area contributed by atoms with Crippen LogP contribution >= 0.6 is 0 Å². The van der Waals surface area contributed by atoms with Crippen LogP contribution in [0.3, 0.4) is 0 Å². The maximum atomic E-state index is 13.0. The van der Waals surface area contributed by atoms with E-state index in [9.17, 15) is 18.8 Å². The Balaban J connectivity index is 1.97. The summed E-state index contributed by atoms with van der Waals surface area (Å²) in [4.78, 5) is 36.5. The molecule has 2 rings (SSSR count). The molecule has 0 aliphatic carbocycles. The number of benzene rings is 2. The Labute approximate surface area is 151 Å². The lowest BCUT2D eigenvalue weighted by Gasteiger charge is -2.21. The van der Waals surface area contributed by atoms with Gasteiger partial charge >= 0.3 is 0 Å². The quantitative estimate of drug-likeness (QED) is 0.833. The number of nitrogens with one attached hydrogen (secondary N) is 2. The molecule has 0 aliphatic heterocycles. The van der Waals surface area contributed by atoms with E-state index in [1.165, 1.54) is 43.0 Å². The first-order valence-electron chi connectivity index (χ1n) is 8.06. The highest BCUT2D eigenvalue weighted by Crippen LogP contribution is 2.17. The second-order valence-electron chi connectivity index (χ2n) is 5.71. The fourth-order valence-electron chi connectivity index (χ4n) is 2.40. The molecule has 2 aromatic rings. The number of carbonyl (C=O) groups is 3. The normalized spacial score (nSPS) is 10.1. The van der Waals surface area contributed by atoms with E-state index in [0.717, 1.165) is 0 Å². The predicted molar refractivity (Wildman–Crippen MR) is 98.4 cm³/mol. The summed E-state index contributed by atoms with van der Waals surface area (Å²) in [5.41, 5.74) is 1.64. The van der Waals surface area contributed by atoms with Crippen LogP contribution in [0.1, 0.15) is 20.3 Å². The number of halogens is 1. The lowest BCUT2D eigenvalue weighted by atomic mass is 10.2. The van der Waals surface area contributed by atoms with E-state index in [0.29, 0.717) is 17.1 Å². The van der Waals surface area contributed by atoms with Crippen molar-refractivity contribution in [2.45, 2.75) is 20.3 Å². The van der Waals surface area contributed by atoms with Crippen molar-refractivity contribution in [3.63, 3.8) is 0 Å². The Kier molecular flexibility index (Phi) is 6.43. The van der Waals surface area contributed by atoms with Crippen LogP contribution in [0.25, 0.3) is 0 Å². The molecular formula is C19H20FN3O3. The molecule has 0 fully saturated rings. The molecule has 0 unspecified atom stereocenters. The fourth-order valence-corrected chi connectivity index (χ4v) is 2.40. The van der Waals surface area contributed by atoms with E-state index in [1.54, 1.807) is 24.3 Å². The van der Waals surface area contributed by atoms with Crippen LogP contribution in [0.5, 0.6) is 0 Å². The van der Waals surface area contributed by atoms with Crippen molar-refractivity contribution in [1.82, 2.24) is 0 Å². The van der Waals surface area contributed by atoms with Crippen molar-refractivity contribution in [3.8, 4) is 0 Å². The first kappa shape index (κ1) is 19.1. The largest absolute Gasteiger partial charge is 0.326 e. The zero-order chi connectivity index (χ0) is 19.1. The summed E-state index contributed by atoms with van der Waals surface area (Å²) < 4.78 is 13.0. The summed E-state index contributed by atoms with van der Waals surface area (Å²) >= 11 is 0. The predicted octanol–water partition coefficient (Wildman–Crippen LogP) is 3.17. The molecule has 26 heavy (non-hydrogen) atoms. The maximum absolute atomic E-state index is 13.0. The summed E-state index contributed by atoms with van der Waals surface area (Å²) in [5.74, 6) is -1.12. The van der Waals surface area contributed by atoms with Crippen LogP contribution < -0.4 is 15.5 Å². The Morgan fingerprint density at radius 3 is 2.15 bits per heavy atom. The molecule has 136 valence electrons. The van der Waals surface area contributed by atoms with Crippen LogP contribution in [0.15, 0.2) is 48.5 Å². The standard InChI is InChI=1S/C19H20FN3O3/c1-13(24)21-16-4-3-5-17(12-16)22-19(26)10-11-23(14(2)25)18-8-6-15(20)7-9-18/h3-9,12H,10-11H2,1-2H3,(H,21,24)(H,22,26). The zero-order valence-electron chi connectivity index (χ0n) is 14.6. The van der Waals surface area contributed by atoms with E-state index in [4.69, 9.17) is 0 Å². The monoisotopic (exact) mass is 357 g/mol. The number of anilines is 3. The highest BCUT2D eigenvalue weighted by Gasteiger charge is 2.14. The topological polar surface area (TPSA) is 78.5 Å². The molecule has 0 radical (unpaired) electrons. The Hall–Kier alpha value is -3.22. The molecule has 0 atom stereocenters. The molecule has 0 saturated heterocycles. The Morgan fingerprint density at radius 2 is 1.58 bits per heavy atom. The average molecular weight is 357 g/mol. The summed E-state index contributed by atoms with van der Waals surface area (Å²) in [6.07, 6.45) is 0.0708. The smallest absolute Gasteiger partial charge is 0.226 e. The van der Waals surface area contributed by atoms with Gasteiger partial charge in [0.05, 0.1) is 0 Å². The van der Waals surface area contributed by atoms with Crippen LogP contribution in [-0.2, 0) is 14.4 Å². The molecule has 0 spiro atoms. The first-order chi connectivity index (χ1) is 12.3. The summed E-state index contributed by atoms with van der Waals surface area (Å²) in [6, 6.07) is 12.3. The second-order valence-corrected chi connectivity index (χ2v) is 5.71. The number of carbonyl (C=O) groups excluding carboxylic acids is 3. The van der Waals surface area contributed by atoms with E-state index >= 15 is 0 Å². The molecule has 0 saturated carbocycles. The third kappa shape index (κ3) is 5.70. The van der Waals surface area contributed by atoms with Gasteiger partial charge in [-0.15, -0.1) is 0 Å². The highest BCUT2D eigenvalue weighted by molar-refractivity contribution is 5.95. The van der Waals surface area contributed by atoms with E-state index in [-0.39, 0.29) is 30.7 Å². The minimum Gasteiger partial charge on any atom is -0.326 e. The summed E-state index contributed by atoms with van der Waals surface area (Å²) in [5, 5.41) is 5.36. The minimum absolute atomic E-state index is 0.0708. The molecule has 6 nitrogen and oxygen atoms in total. The second kappa shape index (κ2) is 8.75. The first-order valence-corrected chi connectivity index (χ1v) is 8.06. The van der Waals surface area contributed by atoms with Gasteiger partial charge in [0.1, 0.15) is 5.82 Å². The van der Waals surface area contributed by atoms with Crippen LogP contribution in [0.2, 0.25) is 0 Å². The number of hydrogen-bond donors (Lipinski definition) is 2. The molecular weight excluding hydrogens is 337 g/mol. The molecule has 2 aromatic carbocycles. The molecule has 0 aliphatic rings. The van der Waals surface area contributed by atoms with Gasteiger partial charge in [-0.05, 0) is 42.5 Å². The van der Waals surface area contributed by atoms with Crippen molar-refractivity contribution in [1.29, 1.82) is 0 Å². The van der Waals surface area contributed by atoms with Crippen molar-refractivity contribution in [2.24, 2.45) is 0 Å². The number of rotatable bonds is 6. The fraction of sp³-hybridized carbons (Fsp3) is 0.211. The van der Waals surface area contributed by atoms with Crippen molar-refractivity contribution >= 4 is 34.8 Å². The van der Waals surface area contributed by atoms with Crippen LogP contribution in [0.4, 0.5) is 21.5 Å². The summed E-state index contributed by atoms with van der Waals surface area (Å²) in [7, 11) is 0. The summed E-state index contributed by atoms with van der Waals surface area (Å²) in [6.45, 7) is 2.95. The highest BCUT2D eigenvalue weighted by atomic mass is 19.1. The van der Waals surface area contributed by atoms with Crippen molar-refractivity contribution in [3.05, 3.63) is 54.3 Å². The van der Waals surface area contributed by atoms with Gasteiger partial charge in [0, 0.05) is 43.9 Å². The van der Waals surface area contributed by atoms with Gasteiger partial charge in [-0.3, -0.25) is 14.4 Å². The van der Waals surface area contributed by atoms with E-state index in [1.807, 2.05) is 0 Å². The minimum atomic E-state index is -0.394. The molecule has 2 N–H and O–H groups in total. The van der Waals surface area contributed by atoms with Gasteiger partial charge in [0.2, 0.25) is 17.7 Å². The number of nitrogens with zero attached hydrogens (tertiary/aromatic N) is 1. The maximum Gasteiger partial charge on any atom is 0.226 e. The molecule has 3 amide bonds. The average Bonchev–Trinajstić information content (AvgIpc) is 2.56. The molecule has 0 heterocycles. The SMILES string of the molecule is CC(=O)Nc1cccc(NC(=O)CCN(C(C)=O)c2ccc(F)cc2)c1. The molecule has 0 bridgehead atoms. The number of amides is 3. The van der Waals surface area contributed by atoms with Crippen molar-refractivity contribution in [2.75, 3.05) is 22.1 Å². The van der Waals surface area contributed by atoms with Gasteiger partial charge in [-0.25, -0.2) is 4.39 Å². The van der Waals surface area contributed by atoms with Gasteiger partial charge in [0.25, 0.3) is 0 Å². The third-order valence-electron chi connectivity index (χ3n) is 3.55. The number of hydrogen-bond acceptors (Lipinski definition) is 3. The van der Waals surface area contributed by atoms with Gasteiger partial charge in [0.15, 0.2) is 0 Å². The lowest BCUT2D eigenvalue weighted by Crippen LogP contribution is -2.31.